The molecule has 0 aliphatic rings. The Bertz CT molecular complexity index is 286. The summed E-state index contributed by atoms with van der Waals surface area (Å²) in [7, 11) is 0. The quantitative estimate of drug-likeness (QED) is 0.211. The van der Waals surface area contributed by atoms with Crippen LogP contribution < -0.4 is 16.9 Å². The molecule has 0 aromatic carbocycles. The lowest BCUT2D eigenvalue weighted by atomic mass is 10.0. The van der Waals surface area contributed by atoms with E-state index in [4.69, 9.17) is 11.5 Å². The number of unbranched alkanes of at least 4 members (excludes halogenated alkanes) is 8. The van der Waals surface area contributed by atoms with Crippen LogP contribution in [0.3, 0.4) is 0 Å². The standard InChI is InChI=1S/C16H34N4O/c1-14(2)12-10-8-6-4-3-5-7-9-11-13-15(21)19-20-16(17)18/h14H,3-13H2,1-2H3,(H,19,21)(H4,17,18,20). The normalized spacial score (nSPS) is 10.6. The van der Waals surface area contributed by atoms with Crippen LogP contribution in [0.2, 0.25) is 0 Å². The maximum Gasteiger partial charge on any atom is 0.240 e. The van der Waals surface area contributed by atoms with Gasteiger partial charge in [-0.1, -0.05) is 71.6 Å². The van der Waals surface area contributed by atoms with Crippen LogP contribution in [0.1, 0.15) is 84.5 Å². The second-order valence-electron chi connectivity index (χ2n) is 6.19. The Balaban J connectivity index is 3.19. The van der Waals surface area contributed by atoms with E-state index in [0.29, 0.717) is 6.42 Å². The lowest BCUT2D eigenvalue weighted by Gasteiger charge is -2.04. The summed E-state index contributed by atoms with van der Waals surface area (Å²) in [5, 5.41) is 3.47. The van der Waals surface area contributed by atoms with E-state index in [2.05, 4.69) is 24.4 Å². The van der Waals surface area contributed by atoms with Gasteiger partial charge < -0.3 is 11.5 Å². The second-order valence-corrected chi connectivity index (χ2v) is 6.19. The van der Waals surface area contributed by atoms with Gasteiger partial charge in [0.05, 0.1) is 0 Å². The Morgan fingerprint density at radius 1 is 0.905 bits per heavy atom. The molecule has 5 N–H and O–H groups in total. The van der Waals surface area contributed by atoms with Gasteiger partial charge in [0.1, 0.15) is 0 Å². The summed E-state index contributed by atoms with van der Waals surface area (Å²) in [5.74, 6) is 0.611. The molecule has 0 aromatic heterocycles. The van der Waals surface area contributed by atoms with E-state index < -0.39 is 0 Å². The van der Waals surface area contributed by atoms with Crippen molar-refractivity contribution in [2.75, 3.05) is 0 Å². The van der Waals surface area contributed by atoms with E-state index in [-0.39, 0.29) is 11.9 Å². The summed E-state index contributed by atoms with van der Waals surface area (Å²) >= 11 is 0. The van der Waals surface area contributed by atoms with Gasteiger partial charge in [-0.3, -0.25) is 4.79 Å². The van der Waals surface area contributed by atoms with E-state index in [9.17, 15) is 4.79 Å². The first-order valence-electron chi connectivity index (χ1n) is 8.40. The molecule has 0 aliphatic carbocycles. The molecule has 5 nitrogen and oxygen atoms in total. The van der Waals surface area contributed by atoms with Crippen molar-refractivity contribution in [1.82, 2.24) is 5.43 Å². The Morgan fingerprint density at radius 2 is 1.38 bits per heavy atom. The number of carbonyl (C=O) groups excluding carboxylic acids is 1. The maximum absolute atomic E-state index is 11.3. The number of nitrogens with one attached hydrogen (secondary N) is 1. The number of amides is 1. The van der Waals surface area contributed by atoms with Crippen molar-refractivity contribution in [2.24, 2.45) is 22.5 Å². The van der Waals surface area contributed by atoms with Crippen molar-refractivity contribution < 1.29 is 4.79 Å². The maximum atomic E-state index is 11.3. The Hall–Kier alpha value is -1.26. The van der Waals surface area contributed by atoms with Gasteiger partial charge in [-0.2, -0.15) is 0 Å². The predicted octanol–water partition coefficient (Wildman–Crippen LogP) is 3.24. The molecule has 0 radical (unpaired) electrons. The van der Waals surface area contributed by atoms with Crippen LogP contribution in [0.5, 0.6) is 0 Å². The molecule has 5 heteroatoms. The van der Waals surface area contributed by atoms with Crippen LogP contribution in [-0.4, -0.2) is 11.9 Å². The molecular formula is C16H34N4O. The molecule has 0 unspecified atom stereocenters. The molecule has 0 aliphatic heterocycles. The van der Waals surface area contributed by atoms with Gasteiger partial charge in [-0.15, -0.1) is 5.10 Å². The molecule has 0 atom stereocenters. The highest BCUT2D eigenvalue weighted by Gasteiger charge is 2.00. The summed E-state index contributed by atoms with van der Waals surface area (Å²) in [6.07, 6.45) is 13.1. The highest BCUT2D eigenvalue weighted by atomic mass is 16.2. The summed E-state index contributed by atoms with van der Waals surface area (Å²) in [5.41, 5.74) is 12.6. The summed E-state index contributed by atoms with van der Waals surface area (Å²) < 4.78 is 0. The van der Waals surface area contributed by atoms with E-state index >= 15 is 0 Å². The van der Waals surface area contributed by atoms with Gasteiger partial charge in [0.2, 0.25) is 11.9 Å². The fourth-order valence-electron chi connectivity index (χ4n) is 2.26. The third kappa shape index (κ3) is 16.7. The fourth-order valence-corrected chi connectivity index (χ4v) is 2.26. The number of hydrogen-bond donors (Lipinski definition) is 3. The third-order valence-electron chi connectivity index (χ3n) is 3.50. The molecule has 0 heterocycles. The van der Waals surface area contributed by atoms with Crippen molar-refractivity contribution in [3.8, 4) is 0 Å². The van der Waals surface area contributed by atoms with E-state index in [1.54, 1.807) is 0 Å². The van der Waals surface area contributed by atoms with Crippen molar-refractivity contribution in [1.29, 1.82) is 0 Å². The van der Waals surface area contributed by atoms with Crippen LogP contribution in [0.15, 0.2) is 5.10 Å². The van der Waals surface area contributed by atoms with Crippen molar-refractivity contribution in [3.05, 3.63) is 0 Å². The molecule has 21 heavy (non-hydrogen) atoms. The van der Waals surface area contributed by atoms with Gasteiger partial charge in [-0.25, -0.2) is 5.43 Å². The minimum absolute atomic E-state index is 0.114. The predicted molar refractivity (Wildman–Crippen MR) is 89.6 cm³/mol. The highest BCUT2D eigenvalue weighted by Crippen LogP contribution is 2.13. The van der Waals surface area contributed by atoms with Crippen molar-refractivity contribution >= 4 is 11.9 Å². The lowest BCUT2D eigenvalue weighted by molar-refractivity contribution is -0.121. The number of nitrogens with two attached hydrogens (primary N) is 2. The van der Waals surface area contributed by atoms with Crippen LogP contribution in [0, 0.1) is 5.92 Å². The van der Waals surface area contributed by atoms with Gasteiger partial charge >= 0.3 is 0 Å². The van der Waals surface area contributed by atoms with Gasteiger partial charge in [0, 0.05) is 6.42 Å². The molecular weight excluding hydrogens is 264 g/mol. The smallest absolute Gasteiger partial charge is 0.240 e. The number of hydrazone groups is 1. The molecule has 0 rings (SSSR count). The van der Waals surface area contributed by atoms with Crippen LogP contribution in [-0.2, 0) is 4.79 Å². The van der Waals surface area contributed by atoms with Crippen molar-refractivity contribution in [2.45, 2.75) is 84.5 Å². The lowest BCUT2D eigenvalue weighted by Crippen LogP contribution is -2.28. The molecule has 0 bridgehead atoms. The SMILES string of the molecule is CC(C)CCCCCCCCCCCC(=O)NN=C(N)N. The van der Waals surface area contributed by atoms with Crippen LogP contribution >= 0.6 is 0 Å². The minimum atomic E-state index is -0.117. The topological polar surface area (TPSA) is 93.5 Å². The average molecular weight is 298 g/mol. The molecule has 0 saturated heterocycles. The third-order valence-corrected chi connectivity index (χ3v) is 3.50. The average Bonchev–Trinajstić information content (AvgIpc) is 2.42. The molecule has 0 saturated carbocycles. The Morgan fingerprint density at radius 3 is 1.86 bits per heavy atom. The van der Waals surface area contributed by atoms with Gasteiger partial charge in [-0.05, 0) is 12.3 Å². The van der Waals surface area contributed by atoms with Gasteiger partial charge in [0.25, 0.3) is 0 Å². The molecule has 0 fully saturated rings. The minimum Gasteiger partial charge on any atom is -0.369 e. The first-order chi connectivity index (χ1) is 10.0. The van der Waals surface area contributed by atoms with E-state index in [1.165, 1.54) is 51.4 Å². The highest BCUT2D eigenvalue weighted by molar-refractivity contribution is 5.80. The zero-order chi connectivity index (χ0) is 15.9. The monoisotopic (exact) mass is 298 g/mol. The molecule has 0 aromatic rings. The second kappa shape index (κ2) is 13.7. The summed E-state index contributed by atoms with van der Waals surface area (Å²) in [6.45, 7) is 4.58. The van der Waals surface area contributed by atoms with Crippen LogP contribution in [0.25, 0.3) is 0 Å². The van der Waals surface area contributed by atoms with Gasteiger partial charge in [0.15, 0.2) is 0 Å². The summed E-state index contributed by atoms with van der Waals surface area (Å²) in [6, 6.07) is 0. The fraction of sp³-hybridized carbons (Fsp3) is 0.875. The number of nitrogens with zero attached hydrogens (tertiary/aromatic N) is 1. The summed E-state index contributed by atoms with van der Waals surface area (Å²) in [4.78, 5) is 11.3. The first-order valence-corrected chi connectivity index (χ1v) is 8.40. The molecule has 1 amide bonds. The zero-order valence-electron chi connectivity index (χ0n) is 13.9. The number of carbonyl (C=O) groups is 1. The molecule has 0 spiro atoms. The zero-order valence-corrected chi connectivity index (χ0v) is 13.9. The van der Waals surface area contributed by atoms with E-state index in [0.717, 1.165) is 18.8 Å². The number of guanidine groups is 1. The Labute approximate surface area is 129 Å². The number of hydrogen-bond acceptors (Lipinski definition) is 2. The van der Waals surface area contributed by atoms with Crippen molar-refractivity contribution in [3.63, 3.8) is 0 Å². The first kappa shape index (κ1) is 19.7. The number of rotatable bonds is 13. The molecule has 124 valence electrons. The van der Waals surface area contributed by atoms with Crippen LogP contribution in [0.4, 0.5) is 0 Å². The Kier molecular flexibility index (Phi) is 12.9. The largest absolute Gasteiger partial charge is 0.369 e. The van der Waals surface area contributed by atoms with E-state index in [1.807, 2.05) is 0 Å².